The second-order valence-electron chi connectivity index (χ2n) is 6.81. The molecule has 2 rings (SSSR count). The molecule has 2 amide bonds. The molecule has 0 N–H and O–H groups in total. The average molecular weight is 411 g/mol. The van der Waals surface area contributed by atoms with Gasteiger partial charge in [-0.25, -0.2) is 9.18 Å². The summed E-state index contributed by atoms with van der Waals surface area (Å²) in [6.45, 7) is 6.32. The van der Waals surface area contributed by atoms with E-state index in [1.165, 1.54) is 23.1 Å². The Morgan fingerprint density at radius 1 is 1.36 bits per heavy atom. The fourth-order valence-electron chi connectivity index (χ4n) is 2.88. The van der Waals surface area contributed by atoms with Crippen molar-refractivity contribution in [2.24, 2.45) is 0 Å². The minimum Gasteiger partial charge on any atom is -0.459 e. The maximum Gasteiger partial charge on any atom is 0.397 e. The molecule has 1 aromatic rings. The molecule has 28 heavy (non-hydrogen) atoms. The molecule has 152 valence electrons. The van der Waals surface area contributed by atoms with Crippen LogP contribution in [-0.2, 0) is 25.7 Å². The standard InChI is InChI=1S/C20H24ClFN2O4/c1-4-28-20(27)19(26)24(13(2)3)12-15-7-8-23(18(25)10-15)11-14-5-6-17(22)16(21)9-14/h5-6,9-10,13H,4,7-8,11-12H2,1-3H3. The van der Waals surface area contributed by atoms with Gasteiger partial charge in [-0.1, -0.05) is 17.7 Å². The van der Waals surface area contributed by atoms with Gasteiger partial charge in [0.05, 0.1) is 11.6 Å². The van der Waals surface area contributed by atoms with Crippen molar-refractivity contribution in [2.75, 3.05) is 19.7 Å². The van der Waals surface area contributed by atoms with Crippen LogP contribution in [0.3, 0.4) is 0 Å². The molecule has 8 heteroatoms. The Labute approximate surface area is 168 Å². The first-order chi connectivity index (χ1) is 13.2. The van der Waals surface area contributed by atoms with Crippen LogP contribution in [0.25, 0.3) is 0 Å². The van der Waals surface area contributed by atoms with Gasteiger partial charge >= 0.3 is 11.9 Å². The number of halogens is 2. The molecular weight excluding hydrogens is 387 g/mol. The van der Waals surface area contributed by atoms with E-state index in [0.29, 0.717) is 19.5 Å². The van der Waals surface area contributed by atoms with Crippen LogP contribution in [0.1, 0.15) is 32.8 Å². The van der Waals surface area contributed by atoms with Crippen LogP contribution in [0.15, 0.2) is 29.8 Å². The average Bonchev–Trinajstić information content (AvgIpc) is 2.64. The van der Waals surface area contributed by atoms with E-state index < -0.39 is 17.7 Å². The molecule has 0 saturated heterocycles. The lowest BCUT2D eigenvalue weighted by Crippen LogP contribution is -2.44. The van der Waals surface area contributed by atoms with Gasteiger partial charge in [0.2, 0.25) is 5.91 Å². The molecule has 0 bridgehead atoms. The molecule has 0 aliphatic carbocycles. The molecule has 1 aromatic carbocycles. The largest absolute Gasteiger partial charge is 0.459 e. The Kier molecular flexibility index (Phi) is 7.57. The zero-order valence-electron chi connectivity index (χ0n) is 16.2. The Morgan fingerprint density at radius 3 is 2.64 bits per heavy atom. The third kappa shape index (κ3) is 5.55. The second-order valence-corrected chi connectivity index (χ2v) is 7.22. The molecule has 1 aliphatic rings. The maximum atomic E-state index is 13.3. The summed E-state index contributed by atoms with van der Waals surface area (Å²) in [5.74, 6) is -2.31. The van der Waals surface area contributed by atoms with Crippen molar-refractivity contribution in [2.45, 2.75) is 39.8 Å². The number of carbonyl (C=O) groups excluding carboxylic acids is 3. The van der Waals surface area contributed by atoms with E-state index in [-0.39, 0.29) is 30.1 Å². The predicted molar refractivity (Wildman–Crippen MR) is 103 cm³/mol. The maximum absolute atomic E-state index is 13.3. The van der Waals surface area contributed by atoms with Crippen molar-refractivity contribution in [1.29, 1.82) is 0 Å². The number of benzene rings is 1. The molecule has 6 nitrogen and oxygen atoms in total. The summed E-state index contributed by atoms with van der Waals surface area (Å²) < 4.78 is 18.1. The molecule has 1 heterocycles. The summed E-state index contributed by atoms with van der Waals surface area (Å²) in [7, 11) is 0. The number of amides is 2. The SMILES string of the molecule is CCOC(=O)C(=O)N(CC1=CC(=O)N(Cc2ccc(F)c(Cl)c2)CC1)C(C)C. The first-order valence-electron chi connectivity index (χ1n) is 9.13. The Hall–Kier alpha value is -2.41. The molecule has 0 saturated carbocycles. The van der Waals surface area contributed by atoms with Crippen LogP contribution in [-0.4, -0.2) is 53.3 Å². The molecule has 0 unspecified atom stereocenters. The summed E-state index contributed by atoms with van der Waals surface area (Å²) >= 11 is 5.79. The van der Waals surface area contributed by atoms with Crippen molar-refractivity contribution in [3.05, 3.63) is 46.3 Å². The van der Waals surface area contributed by atoms with E-state index in [9.17, 15) is 18.8 Å². The highest BCUT2D eigenvalue weighted by atomic mass is 35.5. The Morgan fingerprint density at radius 2 is 2.07 bits per heavy atom. The van der Waals surface area contributed by atoms with Crippen LogP contribution >= 0.6 is 11.6 Å². The topological polar surface area (TPSA) is 66.9 Å². The highest BCUT2D eigenvalue weighted by Crippen LogP contribution is 2.20. The van der Waals surface area contributed by atoms with Gasteiger partial charge in [0.25, 0.3) is 0 Å². The van der Waals surface area contributed by atoms with Crippen LogP contribution in [0, 0.1) is 5.82 Å². The fraction of sp³-hybridized carbons (Fsp3) is 0.450. The van der Waals surface area contributed by atoms with Gasteiger partial charge in [0, 0.05) is 31.8 Å². The van der Waals surface area contributed by atoms with Crippen LogP contribution in [0.4, 0.5) is 4.39 Å². The normalized spacial score (nSPS) is 14.1. The minimum atomic E-state index is -0.895. The van der Waals surface area contributed by atoms with E-state index in [1.54, 1.807) is 31.7 Å². The van der Waals surface area contributed by atoms with E-state index >= 15 is 0 Å². The fourth-order valence-corrected chi connectivity index (χ4v) is 3.09. The second kappa shape index (κ2) is 9.68. The number of hydrogen-bond donors (Lipinski definition) is 0. The first kappa shape index (κ1) is 21.9. The lowest BCUT2D eigenvalue weighted by atomic mass is 10.1. The molecular formula is C20H24ClFN2O4. The summed E-state index contributed by atoms with van der Waals surface area (Å²) in [6.07, 6.45) is 2.06. The summed E-state index contributed by atoms with van der Waals surface area (Å²) in [6, 6.07) is 4.15. The molecule has 0 fully saturated rings. The number of rotatable bonds is 6. The van der Waals surface area contributed by atoms with Crippen LogP contribution < -0.4 is 0 Å². The summed E-state index contributed by atoms with van der Waals surface area (Å²) in [5.41, 5.74) is 1.50. The van der Waals surface area contributed by atoms with Crippen molar-refractivity contribution in [3.8, 4) is 0 Å². The van der Waals surface area contributed by atoms with E-state index in [1.807, 2.05) is 0 Å². The number of carbonyl (C=O) groups is 3. The quantitative estimate of drug-likeness (QED) is 0.534. The van der Waals surface area contributed by atoms with Crippen molar-refractivity contribution in [1.82, 2.24) is 9.80 Å². The number of ether oxygens (including phenoxy) is 1. The van der Waals surface area contributed by atoms with E-state index in [4.69, 9.17) is 16.3 Å². The molecule has 1 aliphatic heterocycles. The molecule has 0 spiro atoms. The number of nitrogens with zero attached hydrogens (tertiary/aromatic N) is 2. The first-order valence-corrected chi connectivity index (χ1v) is 9.50. The Balaban J connectivity index is 2.05. The van der Waals surface area contributed by atoms with Crippen LogP contribution in [0.2, 0.25) is 5.02 Å². The van der Waals surface area contributed by atoms with E-state index in [2.05, 4.69) is 0 Å². The van der Waals surface area contributed by atoms with Gasteiger partial charge in [-0.2, -0.15) is 0 Å². The van der Waals surface area contributed by atoms with Gasteiger partial charge in [0.1, 0.15) is 5.82 Å². The summed E-state index contributed by atoms with van der Waals surface area (Å²) in [5, 5.41) is 0.0169. The molecule has 0 atom stereocenters. The monoisotopic (exact) mass is 410 g/mol. The highest BCUT2D eigenvalue weighted by molar-refractivity contribution is 6.32. The van der Waals surface area contributed by atoms with E-state index in [0.717, 1.165) is 11.1 Å². The number of hydrogen-bond acceptors (Lipinski definition) is 4. The minimum absolute atomic E-state index is 0.0169. The molecule has 0 radical (unpaired) electrons. The van der Waals surface area contributed by atoms with Gasteiger partial charge in [-0.05, 0) is 50.5 Å². The third-order valence-electron chi connectivity index (χ3n) is 4.41. The van der Waals surface area contributed by atoms with Crippen molar-refractivity contribution in [3.63, 3.8) is 0 Å². The van der Waals surface area contributed by atoms with Gasteiger partial charge < -0.3 is 14.5 Å². The zero-order chi connectivity index (χ0) is 20.8. The van der Waals surface area contributed by atoms with Gasteiger partial charge in [-0.3, -0.25) is 9.59 Å². The smallest absolute Gasteiger partial charge is 0.397 e. The van der Waals surface area contributed by atoms with Gasteiger partial charge in [-0.15, -0.1) is 0 Å². The lowest BCUT2D eigenvalue weighted by Gasteiger charge is -2.31. The lowest BCUT2D eigenvalue weighted by molar-refractivity contribution is -0.160. The zero-order valence-corrected chi connectivity index (χ0v) is 17.0. The molecule has 0 aromatic heterocycles. The predicted octanol–water partition coefficient (Wildman–Crippen LogP) is 2.94. The van der Waals surface area contributed by atoms with Crippen LogP contribution in [0.5, 0.6) is 0 Å². The Bertz CT molecular complexity index is 794. The van der Waals surface area contributed by atoms with Gasteiger partial charge in [0.15, 0.2) is 0 Å². The van der Waals surface area contributed by atoms with Crippen molar-refractivity contribution >= 4 is 29.4 Å². The van der Waals surface area contributed by atoms with Crippen molar-refractivity contribution < 1.29 is 23.5 Å². The highest BCUT2D eigenvalue weighted by Gasteiger charge is 2.28. The third-order valence-corrected chi connectivity index (χ3v) is 4.70. The summed E-state index contributed by atoms with van der Waals surface area (Å²) in [4.78, 5) is 39.5. The number of esters is 1.